The molecule has 1 aromatic carbocycles. The third-order valence-electron chi connectivity index (χ3n) is 4.64. The summed E-state index contributed by atoms with van der Waals surface area (Å²) in [5.74, 6) is 0.724. The molecule has 1 atom stereocenters. The van der Waals surface area contributed by atoms with Gasteiger partial charge in [-0.2, -0.15) is 0 Å². The van der Waals surface area contributed by atoms with Crippen LogP contribution in [-0.4, -0.2) is 22.9 Å². The maximum atomic E-state index is 6.15. The lowest BCUT2D eigenvalue weighted by molar-refractivity contribution is 0.180. The third-order valence-corrected chi connectivity index (χ3v) is 4.64. The number of benzene rings is 1. The van der Waals surface area contributed by atoms with Crippen LogP contribution in [0.1, 0.15) is 38.7 Å². The van der Waals surface area contributed by atoms with E-state index in [9.17, 15) is 0 Å². The van der Waals surface area contributed by atoms with Gasteiger partial charge in [0.2, 0.25) is 0 Å². The molecule has 1 spiro atoms. The van der Waals surface area contributed by atoms with Gasteiger partial charge in [0.1, 0.15) is 0 Å². The van der Waals surface area contributed by atoms with Gasteiger partial charge in [0.25, 0.3) is 0 Å². The smallest absolute Gasteiger partial charge is 0.192 e. The van der Waals surface area contributed by atoms with Crippen LogP contribution in [0.3, 0.4) is 0 Å². The average molecular weight is 257 g/mol. The largest absolute Gasteiger partial charge is 0.370 e. The fraction of sp³-hybridized carbons (Fsp3) is 0.562. The fourth-order valence-corrected chi connectivity index (χ4v) is 3.66. The van der Waals surface area contributed by atoms with Crippen molar-refractivity contribution < 1.29 is 0 Å². The van der Waals surface area contributed by atoms with E-state index >= 15 is 0 Å². The topological polar surface area (TPSA) is 41.6 Å². The van der Waals surface area contributed by atoms with Gasteiger partial charge in [-0.3, -0.25) is 4.99 Å². The second-order valence-corrected chi connectivity index (χ2v) is 6.81. The molecule has 0 aromatic heterocycles. The summed E-state index contributed by atoms with van der Waals surface area (Å²) in [6.07, 6.45) is 3.66. The Morgan fingerprint density at radius 2 is 1.95 bits per heavy atom. The summed E-state index contributed by atoms with van der Waals surface area (Å²) < 4.78 is 0. The van der Waals surface area contributed by atoms with Gasteiger partial charge in [-0.1, -0.05) is 44.2 Å². The number of nitrogens with zero attached hydrogens (tertiary/aromatic N) is 2. The zero-order chi connectivity index (χ0) is 13.5. The molecule has 0 saturated heterocycles. The van der Waals surface area contributed by atoms with Crippen LogP contribution in [-0.2, 0) is 6.54 Å². The van der Waals surface area contributed by atoms with Crippen molar-refractivity contribution in [1.29, 1.82) is 0 Å². The Balaban J connectivity index is 1.84. The van der Waals surface area contributed by atoms with Gasteiger partial charge < -0.3 is 10.6 Å². The van der Waals surface area contributed by atoms with Gasteiger partial charge in [-0.25, -0.2) is 0 Å². The molecular weight excluding hydrogens is 234 g/mol. The van der Waals surface area contributed by atoms with E-state index in [0.717, 1.165) is 19.0 Å². The van der Waals surface area contributed by atoms with Crippen molar-refractivity contribution in [3.63, 3.8) is 0 Å². The quantitative estimate of drug-likeness (QED) is 0.885. The predicted molar refractivity (Wildman–Crippen MR) is 78.8 cm³/mol. The van der Waals surface area contributed by atoms with Crippen LogP contribution in [0.2, 0.25) is 0 Å². The molecule has 102 valence electrons. The lowest BCUT2D eigenvalue weighted by atomic mass is 9.87. The molecule has 1 unspecified atom stereocenters. The van der Waals surface area contributed by atoms with Gasteiger partial charge in [-0.15, -0.1) is 0 Å². The van der Waals surface area contributed by atoms with Crippen molar-refractivity contribution in [2.24, 2.45) is 16.1 Å². The minimum absolute atomic E-state index is 0.170. The van der Waals surface area contributed by atoms with Crippen molar-refractivity contribution in [2.75, 3.05) is 6.54 Å². The summed E-state index contributed by atoms with van der Waals surface area (Å²) in [4.78, 5) is 6.88. The average Bonchev–Trinajstić information content (AvgIpc) is 2.85. The zero-order valence-electron chi connectivity index (χ0n) is 11.9. The molecular formula is C16H23N3. The normalized spacial score (nSPS) is 28.9. The monoisotopic (exact) mass is 257 g/mol. The summed E-state index contributed by atoms with van der Waals surface area (Å²) >= 11 is 0. The van der Waals surface area contributed by atoms with E-state index in [1.807, 2.05) is 0 Å². The first kappa shape index (κ1) is 12.5. The molecule has 3 heteroatoms. The van der Waals surface area contributed by atoms with Crippen molar-refractivity contribution in [3.8, 4) is 0 Å². The van der Waals surface area contributed by atoms with Crippen LogP contribution in [0.25, 0.3) is 0 Å². The first-order valence-corrected chi connectivity index (χ1v) is 7.12. The first-order chi connectivity index (χ1) is 9.01. The van der Waals surface area contributed by atoms with Crippen molar-refractivity contribution in [3.05, 3.63) is 35.9 Å². The van der Waals surface area contributed by atoms with E-state index in [1.54, 1.807) is 0 Å². The molecule has 0 radical (unpaired) electrons. The number of hydrogen-bond acceptors (Lipinski definition) is 3. The molecule has 19 heavy (non-hydrogen) atoms. The Morgan fingerprint density at radius 3 is 2.58 bits per heavy atom. The van der Waals surface area contributed by atoms with Gasteiger partial charge >= 0.3 is 0 Å². The zero-order valence-corrected chi connectivity index (χ0v) is 11.9. The number of nitrogens with two attached hydrogens (primary N) is 1. The van der Waals surface area contributed by atoms with Crippen LogP contribution in [0.5, 0.6) is 0 Å². The number of aliphatic imine (C=N–C) groups is 1. The van der Waals surface area contributed by atoms with E-state index in [4.69, 9.17) is 5.73 Å². The number of rotatable bonds is 2. The van der Waals surface area contributed by atoms with Crippen molar-refractivity contribution in [1.82, 2.24) is 4.90 Å². The number of guanidine groups is 1. The van der Waals surface area contributed by atoms with Gasteiger partial charge in [0, 0.05) is 6.54 Å². The Kier molecular flexibility index (Phi) is 2.80. The molecule has 3 rings (SSSR count). The number of hydrogen-bond donors (Lipinski definition) is 1. The van der Waals surface area contributed by atoms with Gasteiger partial charge in [-0.05, 0) is 30.2 Å². The summed E-state index contributed by atoms with van der Waals surface area (Å²) in [5, 5.41) is 0. The molecule has 0 bridgehead atoms. The van der Waals surface area contributed by atoms with E-state index < -0.39 is 0 Å². The molecule has 1 aliphatic carbocycles. The van der Waals surface area contributed by atoms with Crippen molar-refractivity contribution >= 4 is 5.96 Å². The van der Waals surface area contributed by atoms with E-state index in [0.29, 0.717) is 5.41 Å². The molecule has 1 aliphatic heterocycles. The molecule has 1 fully saturated rings. The predicted octanol–water partition coefficient (Wildman–Crippen LogP) is 2.77. The molecule has 2 aliphatic rings. The van der Waals surface area contributed by atoms with Crippen LogP contribution in [0.4, 0.5) is 0 Å². The molecule has 1 heterocycles. The molecule has 1 aromatic rings. The Morgan fingerprint density at radius 1 is 1.21 bits per heavy atom. The second kappa shape index (κ2) is 4.26. The molecule has 0 amide bonds. The van der Waals surface area contributed by atoms with E-state index in [-0.39, 0.29) is 5.54 Å². The van der Waals surface area contributed by atoms with Gasteiger partial charge in [0.15, 0.2) is 5.96 Å². The highest BCUT2D eigenvalue weighted by molar-refractivity contribution is 5.81. The SMILES string of the molecule is CC1(C)CCC2(CN=C(N)N2Cc2ccccc2)C1. The molecule has 3 nitrogen and oxygen atoms in total. The van der Waals surface area contributed by atoms with E-state index in [2.05, 4.69) is 54.1 Å². The van der Waals surface area contributed by atoms with E-state index in [1.165, 1.54) is 24.8 Å². The third kappa shape index (κ3) is 2.22. The summed E-state index contributed by atoms with van der Waals surface area (Å²) in [7, 11) is 0. The first-order valence-electron chi connectivity index (χ1n) is 7.12. The second-order valence-electron chi connectivity index (χ2n) is 6.81. The minimum atomic E-state index is 0.170. The molecule has 1 saturated carbocycles. The van der Waals surface area contributed by atoms with Crippen LogP contribution >= 0.6 is 0 Å². The summed E-state index contributed by atoms with van der Waals surface area (Å²) in [6, 6.07) is 10.6. The highest BCUT2D eigenvalue weighted by Gasteiger charge is 2.50. The van der Waals surface area contributed by atoms with Crippen LogP contribution < -0.4 is 5.73 Å². The lowest BCUT2D eigenvalue weighted by Crippen LogP contribution is -2.49. The van der Waals surface area contributed by atoms with Gasteiger partial charge in [0.05, 0.1) is 12.1 Å². The van der Waals surface area contributed by atoms with Crippen LogP contribution in [0.15, 0.2) is 35.3 Å². The Bertz CT molecular complexity index is 492. The summed E-state index contributed by atoms with van der Waals surface area (Å²) in [5.41, 5.74) is 8.04. The highest BCUT2D eigenvalue weighted by atomic mass is 15.4. The maximum Gasteiger partial charge on any atom is 0.192 e. The van der Waals surface area contributed by atoms with Crippen LogP contribution in [0, 0.1) is 5.41 Å². The minimum Gasteiger partial charge on any atom is -0.370 e. The Hall–Kier alpha value is -1.51. The lowest BCUT2D eigenvalue weighted by Gasteiger charge is -2.37. The maximum absolute atomic E-state index is 6.15. The fourth-order valence-electron chi connectivity index (χ4n) is 3.66. The Labute approximate surface area is 115 Å². The standard InChI is InChI=1S/C16H23N3/c1-15(2)8-9-16(11-15)12-18-14(17)19(16)10-13-6-4-3-5-7-13/h3-7H,8-12H2,1-2H3,(H2,17,18). The highest BCUT2D eigenvalue weighted by Crippen LogP contribution is 2.48. The summed E-state index contributed by atoms with van der Waals surface area (Å²) in [6.45, 7) is 6.47. The molecule has 2 N–H and O–H groups in total. The van der Waals surface area contributed by atoms with Crippen molar-refractivity contribution in [2.45, 2.75) is 45.2 Å².